The van der Waals surface area contributed by atoms with E-state index in [-0.39, 0.29) is 0 Å². The summed E-state index contributed by atoms with van der Waals surface area (Å²) in [4.78, 5) is 0. The second-order valence-electron chi connectivity index (χ2n) is 7.83. The van der Waals surface area contributed by atoms with Crippen LogP contribution in [0.4, 0.5) is 0 Å². The van der Waals surface area contributed by atoms with Gasteiger partial charge in [-0.3, -0.25) is 0 Å². The van der Waals surface area contributed by atoms with Gasteiger partial charge in [0, 0.05) is 0 Å². The van der Waals surface area contributed by atoms with Gasteiger partial charge >= 0.3 is 0 Å². The SMILES string of the molecule is C1=CCOC=C1.c1ccc2c(c1)ccc1c3c(ccc12)CC(OC[C@H]1CO1)CC3. The molecule has 0 amide bonds. The standard InChI is InChI=1S/C21H20O2.C5H6O/c1-2-4-18-14(3-1)5-8-21-19-10-7-16(22-12-17-13-23-17)11-15(19)6-9-20(18)21;1-2-4-6-5-3-1/h1-6,8-9,16-17H,7,10-13H2;1-4H,5H2/t16?,17-;/m0./s1. The Labute approximate surface area is 171 Å². The maximum atomic E-state index is 6.02. The third-order valence-corrected chi connectivity index (χ3v) is 5.83. The fourth-order valence-electron chi connectivity index (χ4n) is 4.23. The molecule has 3 aromatic rings. The molecular formula is C26H26O3. The first kappa shape index (κ1) is 18.4. The van der Waals surface area contributed by atoms with Gasteiger partial charge in [-0.2, -0.15) is 0 Å². The van der Waals surface area contributed by atoms with Crippen LogP contribution in [-0.2, 0) is 27.1 Å². The van der Waals surface area contributed by atoms with Crippen molar-refractivity contribution in [2.24, 2.45) is 0 Å². The molecule has 6 rings (SSSR count). The average molecular weight is 386 g/mol. The van der Waals surface area contributed by atoms with Crippen LogP contribution in [0, 0.1) is 0 Å². The lowest BCUT2D eigenvalue weighted by molar-refractivity contribution is 0.0345. The molecular weight excluding hydrogens is 360 g/mol. The van der Waals surface area contributed by atoms with E-state index in [0.29, 0.717) is 12.2 Å². The summed E-state index contributed by atoms with van der Waals surface area (Å²) in [6.07, 6.45) is 11.4. The van der Waals surface area contributed by atoms with E-state index >= 15 is 0 Å². The first-order chi connectivity index (χ1) is 14.4. The van der Waals surface area contributed by atoms with Crippen molar-refractivity contribution in [3.05, 3.63) is 84.1 Å². The third-order valence-electron chi connectivity index (χ3n) is 5.83. The maximum absolute atomic E-state index is 6.02. The predicted molar refractivity (Wildman–Crippen MR) is 117 cm³/mol. The van der Waals surface area contributed by atoms with Crippen molar-refractivity contribution in [2.45, 2.75) is 31.5 Å². The number of hydrogen-bond donors (Lipinski definition) is 0. The summed E-state index contributed by atoms with van der Waals surface area (Å²) in [5.74, 6) is 0. The van der Waals surface area contributed by atoms with Crippen molar-refractivity contribution >= 4 is 21.5 Å². The van der Waals surface area contributed by atoms with Gasteiger partial charge < -0.3 is 14.2 Å². The first-order valence-corrected chi connectivity index (χ1v) is 10.5. The van der Waals surface area contributed by atoms with E-state index in [0.717, 1.165) is 39.1 Å². The molecule has 3 heteroatoms. The van der Waals surface area contributed by atoms with E-state index in [1.807, 2.05) is 18.2 Å². The number of hydrogen-bond acceptors (Lipinski definition) is 3. The van der Waals surface area contributed by atoms with Crippen molar-refractivity contribution in [3.63, 3.8) is 0 Å². The summed E-state index contributed by atoms with van der Waals surface area (Å²) in [7, 11) is 0. The number of fused-ring (bicyclic) bond motifs is 5. The highest BCUT2D eigenvalue weighted by Crippen LogP contribution is 2.34. The van der Waals surface area contributed by atoms with Gasteiger partial charge in [0.05, 0.1) is 25.6 Å². The van der Waals surface area contributed by atoms with Crippen LogP contribution in [0.2, 0.25) is 0 Å². The summed E-state index contributed by atoms with van der Waals surface area (Å²) >= 11 is 0. The van der Waals surface area contributed by atoms with Crippen LogP contribution in [0.1, 0.15) is 17.5 Å². The van der Waals surface area contributed by atoms with E-state index in [2.05, 4.69) is 48.5 Å². The normalized spacial score (nSPS) is 21.9. The molecule has 1 aliphatic carbocycles. The van der Waals surface area contributed by atoms with Gasteiger partial charge in [-0.15, -0.1) is 0 Å². The molecule has 2 atom stereocenters. The zero-order valence-electron chi connectivity index (χ0n) is 16.6. The fourth-order valence-corrected chi connectivity index (χ4v) is 4.23. The van der Waals surface area contributed by atoms with Crippen molar-refractivity contribution in [1.82, 2.24) is 0 Å². The topological polar surface area (TPSA) is 31.0 Å². The summed E-state index contributed by atoms with van der Waals surface area (Å²) in [6.45, 7) is 2.37. The van der Waals surface area contributed by atoms with Crippen molar-refractivity contribution in [2.75, 3.05) is 19.8 Å². The minimum absolute atomic E-state index is 0.351. The Morgan fingerprint density at radius 2 is 1.83 bits per heavy atom. The molecule has 3 nitrogen and oxygen atoms in total. The van der Waals surface area contributed by atoms with Crippen LogP contribution in [0.3, 0.4) is 0 Å². The molecule has 0 radical (unpaired) electrons. The molecule has 1 unspecified atom stereocenters. The molecule has 0 spiro atoms. The van der Waals surface area contributed by atoms with Gasteiger partial charge in [-0.05, 0) is 64.1 Å². The number of benzene rings is 3. The smallest absolute Gasteiger partial charge is 0.106 e. The lowest BCUT2D eigenvalue weighted by atomic mass is 9.85. The highest BCUT2D eigenvalue weighted by atomic mass is 16.6. The van der Waals surface area contributed by atoms with Gasteiger partial charge in [-0.25, -0.2) is 0 Å². The maximum Gasteiger partial charge on any atom is 0.106 e. The average Bonchev–Trinajstić information content (AvgIpc) is 3.63. The van der Waals surface area contributed by atoms with Crippen molar-refractivity contribution in [3.8, 4) is 0 Å². The Balaban J connectivity index is 0.000000262. The number of rotatable bonds is 3. The molecule has 0 aromatic heterocycles. The lowest BCUT2D eigenvalue weighted by Gasteiger charge is -2.26. The molecule has 1 fully saturated rings. The van der Waals surface area contributed by atoms with Crippen molar-refractivity contribution < 1.29 is 14.2 Å². The summed E-state index contributed by atoms with van der Waals surface area (Å²) in [5.41, 5.74) is 2.98. The molecule has 3 aliphatic rings. The van der Waals surface area contributed by atoms with Crippen LogP contribution in [0.15, 0.2) is 73.0 Å². The molecule has 1 saturated heterocycles. The second kappa shape index (κ2) is 8.40. The largest absolute Gasteiger partial charge is 0.497 e. The van der Waals surface area contributed by atoms with Gasteiger partial charge in [0.25, 0.3) is 0 Å². The van der Waals surface area contributed by atoms with E-state index in [1.54, 1.807) is 6.26 Å². The predicted octanol–water partition coefficient (Wildman–Crippen LogP) is 5.35. The Bertz CT molecular complexity index is 1050. The Hall–Kier alpha value is -2.62. The Kier molecular flexibility index (Phi) is 5.33. The zero-order chi connectivity index (χ0) is 19.5. The molecule has 29 heavy (non-hydrogen) atoms. The van der Waals surface area contributed by atoms with Crippen LogP contribution >= 0.6 is 0 Å². The van der Waals surface area contributed by atoms with E-state index in [1.165, 1.54) is 32.7 Å². The molecule has 0 N–H and O–H groups in total. The molecule has 2 aliphatic heterocycles. The number of ether oxygens (including phenoxy) is 3. The van der Waals surface area contributed by atoms with Gasteiger partial charge in [0.2, 0.25) is 0 Å². The highest BCUT2D eigenvalue weighted by molar-refractivity contribution is 6.08. The van der Waals surface area contributed by atoms with Gasteiger partial charge in [0.1, 0.15) is 12.7 Å². The van der Waals surface area contributed by atoms with E-state index in [4.69, 9.17) is 14.2 Å². The van der Waals surface area contributed by atoms with Crippen LogP contribution < -0.4 is 0 Å². The molecule has 148 valence electrons. The monoisotopic (exact) mass is 386 g/mol. The van der Waals surface area contributed by atoms with Crippen LogP contribution in [0.25, 0.3) is 21.5 Å². The minimum atomic E-state index is 0.351. The van der Waals surface area contributed by atoms with E-state index in [9.17, 15) is 0 Å². The van der Waals surface area contributed by atoms with Crippen LogP contribution in [0.5, 0.6) is 0 Å². The zero-order valence-corrected chi connectivity index (χ0v) is 16.6. The van der Waals surface area contributed by atoms with Crippen molar-refractivity contribution in [1.29, 1.82) is 0 Å². The Morgan fingerprint density at radius 1 is 0.931 bits per heavy atom. The third kappa shape index (κ3) is 4.21. The number of epoxide rings is 1. The molecule has 0 saturated carbocycles. The quantitative estimate of drug-likeness (QED) is 0.449. The van der Waals surface area contributed by atoms with Gasteiger partial charge in [-0.1, -0.05) is 54.6 Å². The molecule has 3 aromatic carbocycles. The number of aryl methyl sites for hydroxylation is 1. The molecule has 0 bridgehead atoms. The highest BCUT2D eigenvalue weighted by Gasteiger charge is 2.26. The van der Waals surface area contributed by atoms with E-state index < -0.39 is 0 Å². The van der Waals surface area contributed by atoms with Gasteiger partial charge in [0.15, 0.2) is 0 Å². The summed E-state index contributed by atoms with van der Waals surface area (Å²) in [6, 6.07) is 17.8. The summed E-state index contributed by atoms with van der Waals surface area (Å²) < 4.78 is 16.1. The lowest BCUT2D eigenvalue weighted by Crippen LogP contribution is -2.24. The molecule has 2 heterocycles. The fraction of sp³-hybridized carbons (Fsp3) is 0.308. The Morgan fingerprint density at radius 3 is 2.59 bits per heavy atom. The summed E-state index contributed by atoms with van der Waals surface area (Å²) in [5, 5.41) is 5.48. The minimum Gasteiger partial charge on any atom is -0.497 e. The first-order valence-electron chi connectivity index (χ1n) is 10.5. The number of allylic oxidation sites excluding steroid dienone is 2. The second-order valence-corrected chi connectivity index (χ2v) is 7.83. The van der Waals surface area contributed by atoms with Crippen LogP contribution in [-0.4, -0.2) is 32.0 Å².